The first-order chi connectivity index (χ1) is 9.77. The lowest BCUT2D eigenvalue weighted by Gasteiger charge is -2.17. The van der Waals surface area contributed by atoms with Crippen molar-refractivity contribution >= 4 is 27.1 Å². The lowest BCUT2D eigenvalue weighted by molar-refractivity contribution is -0.131. The fraction of sp³-hybridized carbons (Fsp3) is 0.714. The molecule has 0 bridgehead atoms. The molecular formula is C14H22N2O3S2. The number of thiazole rings is 1. The Kier molecular flexibility index (Phi) is 5.03. The second kappa shape index (κ2) is 6.44. The Hall–Kier alpha value is -0.950. The molecule has 118 valence electrons. The highest BCUT2D eigenvalue weighted by atomic mass is 32.2. The Balaban J connectivity index is 1.87. The molecule has 1 fully saturated rings. The average molecular weight is 330 g/mol. The average Bonchev–Trinajstić information content (AvgIpc) is 2.96. The van der Waals surface area contributed by atoms with Gasteiger partial charge in [0.05, 0.1) is 28.8 Å². The van der Waals surface area contributed by atoms with Crippen LogP contribution < -0.4 is 0 Å². The summed E-state index contributed by atoms with van der Waals surface area (Å²) in [7, 11) is -1.16. The van der Waals surface area contributed by atoms with Crippen LogP contribution in [0.3, 0.4) is 0 Å². The van der Waals surface area contributed by atoms with Crippen molar-refractivity contribution in [2.45, 2.75) is 39.2 Å². The predicted molar refractivity (Wildman–Crippen MR) is 84.1 cm³/mol. The van der Waals surface area contributed by atoms with Crippen molar-refractivity contribution in [2.24, 2.45) is 5.92 Å². The predicted octanol–water partition coefficient (Wildman–Crippen LogP) is 2.05. The summed E-state index contributed by atoms with van der Waals surface area (Å²) in [6, 6.07) is 0. The van der Waals surface area contributed by atoms with Crippen molar-refractivity contribution in [1.82, 2.24) is 9.88 Å². The van der Waals surface area contributed by atoms with Crippen LogP contribution in [0.2, 0.25) is 0 Å². The molecule has 21 heavy (non-hydrogen) atoms. The highest BCUT2D eigenvalue weighted by Gasteiger charge is 2.30. The molecule has 1 amide bonds. The van der Waals surface area contributed by atoms with Crippen LogP contribution in [0.4, 0.5) is 0 Å². The van der Waals surface area contributed by atoms with Gasteiger partial charge >= 0.3 is 0 Å². The van der Waals surface area contributed by atoms with E-state index in [9.17, 15) is 13.2 Å². The highest BCUT2D eigenvalue weighted by Crippen LogP contribution is 2.23. The molecule has 2 rings (SSSR count). The number of rotatable bonds is 5. The molecule has 0 radical (unpaired) electrons. The first-order valence-electron chi connectivity index (χ1n) is 7.15. The molecule has 1 aliphatic rings. The second-order valence-corrected chi connectivity index (χ2v) is 9.17. The van der Waals surface area contributed by atoms with E-state index in [4.69, 9.17) is 0 Å². The quantitative estimate of drug-likeness (QED) is 0.829. The minimum atomic E-state index is -2.91. The van der Waals surface area contributed by atoms with Crippen LogP contribution in [0.5, 0.6) is 0 Å². The standard InChI is InChI=1S/C14H22N2O3S2/c1-10(2)14-15-12(8-20-14)7-16(3)13(17)6-11-4-5-21(18,19)9-11/h8,10-11H,4-7,9H2,1-3H3/t11-/m1/s1. The van der Waals surface area contributed by atoms with Gasteiger partial charge in [-0.2, -0.15) is 0 Å². The van der Waals surface area contributed by atoms with Crippen molar-refractivity contribution in [1.29, 1.82) is 0 Å². The number of amides is 1. The molecule has 5 nitrogen and oxygen atoms in total. The zero-order valence-corrected chi connectivity index (χ0v) is 14.3. The van der Waals surface area contributed by atoms with E-state index in [0.29, 0.717) is 25.3 Å². The van der Waals surface area contributed by atoms with Crippen molar-refractivity contribution in [3.05, 3.63) is 16.1 Å². The van der Waals surface area contributed by atoms with Gasteiger partial charge in [-0.25, -0.2) is 13.4 Å². The normalized spacial score (nSPS) is 20.9. The van der Waals surface area contributed by atoms with Crippen LogP contribution in [0.15, 0.2) is 5.38 Å². The third-order valence-electron chi connectivity index (χ3n) is 3.68. The van der Waals surface area contributed by atoms with E-state index in [-0.39, 0.29) is 23.3 Å². The van der Waals surface area contributed by atoms with E-state index in [1.165, 1.54) is 0 Å². The molecule has 1 aromatic rings. The molecule has 0 spiro atoms. The van der Waals surface area contributed by atoms with Gasteiger partial charge in [-0.15, -0.1) is 11.3 Å². The molecule has 7 heteroatoms. The molecule has 0 saturated carbocycles. The number of aromatic nitrogens is 1. The Bertz CT molecular complexity index is 607. The van der Waals surface area contributed by atoms with Gasteiger partial charge < -0.3 is 4.90 Å². The van der Waals surface area contributed by atoms with E-state index in [0.717, 1.165) is 10.7 Å². The van der Waals surface area contributed by atoms with Gasteiger partial charge in [0.25, 0.3) is 0 Å². The van der Waals surface area contributed by atoms with E-state index in [1.54, 1.807) is 23.3 Å². The summed E-state index contributed by atoms with van der Waals surface area (Å²) >= 11 is 1.62. The van der Waals surface area contributed by atoms with Crippen LogP contribution in [-0.2, 0) is 21.2 Å². The van der Waals surface area contributed by atoms with Crippen LogP contribution in [-0.4, -0.2) is 42.8 Å². The minimum absolute atomic E-state index is 0.00352. The molecule has 1 saturated heterocycles. The van der Waals surface area contributed by atoms with Crippen molar-refractivity contribution in [3.8, 4) is 0 Å². The van der Waals surface area contributed by atoms with E-state index >= 15 is 0 Å². The van der Waals surface area contributed by atoms with Crippen molar-refractivity contribution in [2.75, 3.05) is 18.6 Å². The summed E-state index contributed by atoms with van der Waals surface area (Å²) in [5.41, 5.74) is 0.901. The van der Waals surface area contributed by atoms with E-state index in [2.05, 4.69) is 18.8 Å². The topological polar surface area (TPSA) is 67.3 Å². The fourth-order valence-corrected chi connectivity index (χ4v) is 5.12. The smallest absolute Gasteiger partial charge is 0.222 e. The largest absolute Gasteiger partial charge is 0.340 e. The molecular weight excluding hydrogens is 308 g/mol. The Labute approximate surface area is 130 Å². The number of sulfone groups is 1. The van der Waals surface area contributed by atoms with Gasteiger partial charge in [0, 0.05) is 24.8 Å². The molecule has 0 aromatic carbocycles. The zero-order valence-electron chi connectivity index (χ0n) is 12.7. The van der Waals surface area contributed by atoms with Crippen molar-refractivity contribution in [3.63, 3.8) is 0 Å². The number of carbonyl (C=O) groups excluding carboxylic acids is 1. The second-order valence-electron chi connectivity index (χ2n) is 6.05. The lowest BCUT2D eigenvalue weighted by Crippen LogP contribution is -2.28. The summed E-state index contributed by atoms with van der Waals surface area (Å²) < 4.78 is 22.8. The summed E-state index contributed by atoms with van der Waals surface area (Å²) in [4.78, 5) is 18.3. The molecule has 1 atom stereocenters. The molecule has 0 N–H and O–H groups in total. The fourth-order valence-electron chi connectivity index (χ4n) is 2.43. The number of carbonyl (C=O) groups is 1. The molecule has 0 unspecified atom stereocenters. The maximum atomic E-state index is 12.2. The van der Waals surface area contributed by atoms with Gasteiger partial charge in [-0.05, 0) is 12.3 Å². The number of nitrogens with zero attached hydrogens (tertiary/aromatic N) is 2. The Morgan fingerprint density at radius 1 is 1.52 bits per heavy atom. The third kappa shape index (κ3) is 4.51. The summed E-state index contributed by atoms with van der Waals surface area (Å²) in [6.45, 7) is 4.68. The van der Waals surface area contributed by atoms with Gasteiger partial charge in [-0.1, -0.05) is 13.8 Å². The van der Waals surface area contributed by atoms with Gasteiger partial charge in [0.1, 0.15) is 0 Å². The summed E-state index contributed by atoms with van der Waals surface area (Å²) in [6.07, 6.45) is 0.924. The van der Waals surface area contributed by atoms with Crippen LogP contribution in [0, 0.1) is 5.92 Å². The van der Waals surface area contributed by atoms with Crippen LogP contribution in [0.25, 0.3) is 0 Å². The van der Waals surface area contributed by atoms with Gasteiger partial charge in [-0.3, -0.25) is 4.79 Å². The molecule has 1 aromatic heterocycles. The SMILES string of the molecule is CC(C)c1nc(CN(C)C(=O)C[C@H]2CCS(=O)(=O)C2)cs1. The first-order valence-corrected chi connectivity index (χ1v) is 9.85. The molecule has 0 aliphatic carbocycles. The Morgan fingerprint density at radius 2 is 2.24 bits per heavy atom. The van der Waals surface area contributed by atoms with Gasteiger partial charge in [0.2, 0.25) is 5.91 Å². The zero-order chi connectivity index (χ0) is 15.6. The third-order valence-corrected chi connectivity index (χ3v) is 6.71. The van der Waals surface area contributed by atoms with Crippen molar-refractivity contribution < 1.29 is 13.2 Å². The highest BCUT2D eigenvalue weighted by molar-refractivity contribution is 7.91. The maximum absolute atomic E-state index is 12.2. The summed E-state index contributed by atoms with van der Waals surface area (Å²) in [5.74, 6) is 0.746. The Morgan fingerprint density at radius 3 is 2.76 bits per heavy atom. The first kappa shape index (κ1) is 16.4. The lowest BCUT2D eigenvalue weighted by atomic mass is 10.0. The summed E-state index contributed by atoms with van der Waals surface area (Å²) in [5, 5.41) is 3.06. The molecule has 1 aliphatic heterocycles. The van der Waals surface area contributed by atoms with Gasteiger partial charge in [0.15, 0.2) is 9.84 Å². The monoisotopic (exact) mass is 330 g/mol. The van der Waals surface area contributed by atoms with Crippen LogP contribution in [0.1, 0.15) is 43.3 Å². The number of hydrogen-bond acceptors (Lipinski definition) is 5. The van der Waals surface area contributed by atoms with E-state index in [1.807, 2.05) is 5.38 Å². The number of hydrogen-bond donors (Lipinski definition) is 0. The maximum Gasteiger partial charge on any atom is 0.222 e. The van der Waals surface area contributed by atoms with Crippen LogP contribution >= 0.6 is 11.3 Å². The van der Waals surface area contributed by atoms with E-state index < -0.39 is 9.84 Å². The molecule has 2 heterocycles. The minimum Gasteiger partial charge on any atom is -0.340 e.